The lowest BCUT2D eigenvalue weighted by Gasteiger charge is -2.25. The average Bonchev–Trinajstić information content (AvgIpc) is 3.40. The molecule has 1 fully saturated rings. The number of rotatable bonds is 9. The molecule has 2 unspecified atom stereocenters. The zero-order valence-corrected chi connectivity index (χ0v) is 17.6. The number of carbonyl (C=O) groups excluding carboxylic acids is 2. The topological polar surface area (TPSA) is 85.7 Å². The predicted molar refractivity (Wildman–Crippen MR) is 112 cm³/mol. The molecule has 0 spiro atoms. The van der Waals surface area contributed by atoms with Crippen LogP contribution in [0.4, 0.5) is 4.79 Å². The van der Waals surface area contributed by atoms with Gasteiger partial charge >= 0.3 is 12.1 Å². The van der Waals surface area contributed by atoms with E-state index in [0.29, 0.717) is 19.5 Å². The predicted octanol–water partition coefficient (Wildman–Crippen LogP) is 2.38. The van der Waals surface area contributed by atoms with Gasteiger partial charge in [0.15, 0.2) is 0 Å². The fourth-order valence-electron chi connectivity index (χ4n) is 3.71. The molecular formula is C22H30N4O4. The summed E-state index contributed by atoms with van der Waals surface area (Å²) in [6, 6.07) is 9.06. The molecule has 1 amide bonds. The summed E-state index contributed by atoms with van der Waals surface area (Å²) in [5.74, 6) is -0.285. The van der Waals surface area contributed by atoms with Crippen LogP contribution in [-0.2, 0) is 33.8 Å². The van der Waals surface area contributed by atoms with Gasteiger partial charge in [-0.15, -0.1) is 0 Å². The number of alkyl carbamates (subject to hydrolysis) is 1. The summed E-state index contributed by atoms with van der Waals surface area (Å²) in [4.78, 5) is 31.0. The van der Waals surface area contributed by atoms with Gasteiger partial charge in [0.1, 0.15) is 12.6 Å². The van der Waals surface area contributed by atoms with E-state index in [1.165, 1.54) is 7.11 Å². The van der Waals surface area contributed by atoms with Crippen molar-refractivity contribution in [2.24, 2.45) is 0 Å². The van der Waals surface area contributed by atoms with Crippen LogP contribution in [-0.4, -0.2) is 58.8 Å². The summed E-state index contributed by atoms with van der Waals surface area (Å²) >= 11 is 0. The molecule has 162 valence electrons. The monoisotopic (exact) mass is 414 g/mol. The van der Waals surface area contributed by atoms with Gasteiger partial charge < -0.3 is 19.4 Å². The van der Waals surface area contributed by atoms with Crippen molar-refractivity contribution in [3.8, 4) is 0 Å². The quantitative estimate of drug-likeness (QED) is 0.634. The van der Waals surface area contributed by atoms with Crippen LogP contribution in [0, 0.1) is 0 Å². The van der Waals surface area contributed by atoms with Crippen molar-refractivity contribution in [1.82, 2.24) is 19.8 Å². The van der Waals surface area contributed by atoms with Gasteiger partial charge in [-0.1, -0.05) is 37.3 Å². The van der Waals surface area contributed by atoms with Gasteiger partial charge in [0, 0.05) is 38.3 Å². The van der Waals surface area contributed by atoms with Gasteiger partial charge in [0.2, 0.25) is 0 Å². The Morgan fingerprint density at radius 3 is 2.83 bits per heavy atom. The third-order valence-corrected chi connectivity index (χ3v) is 5.24. The van der Waals surface area contributed by atoms with Crippen molar-refractivity contribution in [3.05, 3.63) is 54.1 Å². The van der Waals surface area contributed by atoms with Gasteiger partial charge in [-0.2, -0.15) is 0 Å². The summed E-state index contributed by atoms with van der Waals surface area (Å²) < 4.78 is 12.4. The highest BCUT2D eigenvalue weighted by Crippen LogP contribution is 2.17. The Labute approximate surface area is 177 Å². The summed E-state index contributed by atoms with van der Waals surface area (Å²) in [7, 11) is 1.40. The molecule has 2 atom stereocenters. The van der Waals surface area contributed by atoms with Gasteiger partial charge in [0.25, 0.3) is 0 Å². The molecule has 1 aromatic heterocycles. The van der Waals surface area contributed by atoms with E-state index in [4.69, 9.17) is 9.47 Å². The first-order chi connectivity index (χ1) is 14.6. The minimum Gasteiger partial charge on any atom is -0.468 e. The number of methoxy groups -OCH3 is 1. The molecule has 8 heteroatoms. The molecule has 1 aliphatic rings. The van der Waals surface area contributed by atoms with E-state index in [1.54, 1.807) is 6.33 Å². The molecule has 8 nitrogen and oxygen atoms in total. The zero-order valence-electron chi connectivity index (χ0n) is 17.6. The van der Waals surface area contributed by atoms with Crippen LogP contribution in [0.25, 0.3) is 0 Å². The maximum absolute atomic E-state index is 12.4. The maximum atomic E-state index is 12.4. The first-order valence-electron chi connectivity index (χ1n) is 10.4. The Hall–Kier alpha value is -2.87. The number of ether oxygens (including phenoxy) is 2. The lowest BCUT2D eigenvalue weighted by atomic mass is 10.1. The largest absolute Gasteiger partial charge is 0.468 e. The fraction of sp³-hybridized carbons (Fsp3) is 0.500. The Kier molecular flexibility index (Phi) is 7.84. The molecule has 1 N–H and O–H groups in total. The number of amides is 1. The maximum Gasteiger partial charge on any atom is 0.407 e. The molecule has 0 radical (unpaired) electrons. The van der Waals surface area contributed by atoms with E-state index < -0.39 is 12.1 Å². The number of esters is 1. The van der Waals surface area contributed by atoms with E-state index in [-0.39, 0.29) is 18.6 Å². The van der Waals surface area contributed by atoms with Gasteiger partial charge in [-0.05, 0) is 18.4 Å². The normalized spacial score (nSPS) is 17.5. The van der Waals surface area contributed by atoms with Crippen molar-refractivity contribution in [3.63, 3.8) is 0 Å². The Morgan fingerprint density at radius 1 is 1.30 bits per heavy atom. The Morgan fingerprint density at radius 2 is 2.10 bits per heavy atom. The van der Waals surface area contributed by atoms with Crippen molar-refractivity contribution in [2.45, 2.75) is 51.4 Å². The number of benzene rings is 1. The number of hydrogen-bond acceptors (Lipinski definition) is 6. The number of hydrogen-bond donors (Lipinski definition) is 1. The van der Waals surface area contributed by atoms with Crippen molar-refractivity contribution < 1.29 is 19.1 Å². The van der Waals surface area contributed by atoms with Crippen LogP contribution in [0.3, 0.4) is 0 Å². The van der Waals surface area contributed by atoms with Crippen LogP contribution in [0.15, 0.2) is 42.9 Å². The van der Waals surface area contributed by atoms with E-state index in [1.807, 2.05) is 46.0 Å². The third kappa shape index (κ3) is 6.06. The highest BCUT2D eigenvalue weighted by molar-refractivity contribution is 5.76. The standard InChI is InChI=1S/C22H30N4O4/c1-3-10-25-13-19(23-16-25)12-20(21(27)29-2)26-11-9-18(14-26)24-22(28)30-15-17-7-5-4-6-8-17/h4-8,13,16,18,20H,3,9-12,14-15H2,1-2H3,(H,24,28). The number of aromatic nitrogens is 2. The number of likely N-dealkylation sites (tertiary alicyclic amines) is 1. The summed E-state index contributed by atoms with van der Waals surface area (Å²) in [5, 5.41) is 2.90. The molecule has 30 heavy (non-hydrogen) atoms. The first kappa shape index (κ1) is 21.8. The minimum atomic E-state index is -0.446. The SMILES string of the molecule is CCCn1cnc(CC(C(=O)OC)N2CCC(NC(=O)OCc3ccccc3)C2)c1. The minimum absolute atomic E-state index is 0.0712. The van der Waals surface area contributed by atoms with Crippen LogP contribution in [0.1, 0.15) is 31.0 Å². The molecule has 3 rings (SSSR count). The van der Waals surface area contributed by atoms with Crippen LogP contribution in [0.5, 0.6) is 0 Å². The highest BCUT2D eigenvalue weighted by Gasteiger charge is 2.34. The lowest BCUT2D eigenvalue weighted by molar-refractivity contribution is -0.146. The van der Waals surface area contributed by atoms with Crippen LogP contribution in [0.2, 0.25) is 0 Å². The van der Waals surface area contributed by atoms with Gasteiger partial charge in [0.05, 0.1) is 19.1 Å². The summed E-state index contributed by atoms with van der Waals surface area (Å²) in [6.07, 6.45) is 5.58. The molecule has 0 saturated carbocycles. The number of nitrogens with one attached hydrogen (secondary N) is 1. The lowest BCUT2D eigenvalue weighted by Crippen LogP contribution is -2.44. The smallest absolute Gasteiger partial charge is 0.407 e. The second kappa shape index (κ2) is 10.8. The van der Waals surface area contributed by atoms with E-state index in [9.17, 15) is 9.59 Å². The molecule has 1 aromatic carbocycles. The molecule has 0 bridgehead atoms. The van der Waals surface area contributed by atoms with E-state index in [0.717, 1.165) is 30.6 Å². The highest BCUT2D eigenvalue weighted by atomic mass is 16.5. The van der Waals surface area contributed by atoms with Crippen molar-refractivity contribution >= 4 is 12.1 Å². The summed E-state index contributed by atoms with van der Waals surface area (Å²) in [6.45, 7) is 4.50. The molecule has 1 saturated heterocycles. The fourth-order valence-corrected chi connectivity index (χ4v) is 3.71. The molecule has 2 aromatic rings. The molecular weight excluding hydrogens is 384 g/mol. The van der Waals surface area contributed by atoms with Gasteiger partial charge in [-0.3, -0.25) is 9.69 Å². The van der Waals surface area contributed by atoms with Crippen LogP contribution >= 0.6 is 0 Å². The molecule has 0 aliphatic carbocycles. The van der Waals surface area contributed by atoms with E-state index in [2.05, 4.69) is 17.2 Å². The van der Waals surface area contributed by atoms with Gasteiger partial charge in [-0.25, -0.2) is 9.78 Å². The molecule has 2 heterocycles. The Balaban J connectivity index is 1.52. The first-order valence-corrected chi connectivity index (χ1v) is 10.4. The van der Waals surface area contributed by atoms with Crippen molar-refractivity contribution in [1.29, 1.82) is 0 Å². The molecule has 1 aliphatic heterocycles. The number of nitrogens with zero attached hydrogens (tertiary/aromatic N) is 3. The number of imidazole rings is 1. The van der Waals surface area contributed by atoms with E-state index >= 15 is 0 Å². The summed E-state index contributed by atoms with van der Waals surface area (Å²) in [5.41, 5.74) is 1.80. The third-order valence-electron chi connectivity index (χ3n) is 5.24. The second-order valence-corrected chi connectivity index (χ2v) is 7.53. The average molecular weight is 415 g/mol. The van der Waals surface area contributed by atoms with Crippen molar-refractivity contribution in [2.75, 3.05) is 20.2 Å². The number of carbonyl (C=O) groups is 2. The Bertz CT molecular complexity index is 824. The second-order valence-electron chi connectivity index (χ2n) is 7.53. The zero-order chi connectivity index (χ0) is 21.3. The number of aryl methyl sites for hydroxylation is 1. The van der Waals surface area contributed by atoms with Crippen LogP contribution < -0.4 is 5.32 Å².